The predicted octanol–water partition coefficient (Wildman–Crippen LogP) is 3.30. The van der Waals surface area contributed by atoms with Gasteiger partial charge >= 0.3 is 0 Å². The first-order chi connectivity index (χ1) is 7.85. The number of thiazole rings is 1. The second-order valence-corrected chi connectivity index (χ2v) is 6.52. The molecule has 1 aliphatic rings. The second kappa shape index (κ2) is 6.03. The lowest BCUT2D eigenvalue weighted by Gasteiger charge is -2.36. The van der Waals surface area contributed by atoms with Gasteiger partial charge in [-0.05, 0) is 19.1 Å². The van der Waals surface area contributed by atoms with Gasteiger partial charge in [-0.3, -0.25) is 0 Å². The van der Waals surface area contributed by atoms with Crippen LogP contribution in [0.2, 0.25) is 0 Å². The van der Waals surface area contributed by atoms with E-state index < -0.39 is 0 Å². The maximum atomic E-state index is 4.30. The van der Waals surface area contributed by atoms with E-state index in [1.165, 1.54) is 37.8 Å². The Labute approximate surface area is 106 Å². The van der Waals surface area contributed by atoms with Crippen LogP contribution in [0.4, 0.5) is 0 Å². The summed E-state index contributed by atoms with van der Waals surface area (Å²) in [7, 11) is 0. The molecule has 0 spiro atoms. The van der Waals surface area contributed by atoms with Gasteiger partial charge in [-0.25, -0.2) is 4.98 Å². The zero-order chi connectivity index (χ0) is 11.3. The van der Waals surface area contributed by atoms with Crippen molar-refractivity contribution in [2.24, 2.45) is 0 Å². The van der Waals surface area contributed by atoms with Gasteiger partial charge in [-0.2, -0.15) is 11.8 Å². The van der Waals surface area contributed by atoms with Crippen LogP contribution >= 0.6 is 23.1 Å². The molecule has 1 aliphatic carbocycles. The highest BCUT2D eigenvalue weighted by Crippen LogP contribution is 2.37. The third-order valence-electron chi connectivity index (χ3n) is 3.43. The summed E-state index contributed by atoms with van der Waals surface area (Å²) < 4.78 is 0.494. The molecule has 0 bridgehead atoms. The molecule has 2 rings (SSSR count). The SMILES string of the molecule is CSC1(CNCc2cscn2)CCCCC1. The quantitative estimate of drug-likeness (QED) is 0.875. The first-order valence-electron chi connectivity index (χ1n) is 5.98. The average molecular weight is 256 g/mol. The Balaban J connectivity index is 1.78. The molecule has 4 heteroatoms. The zero-order valence-electron chi connectivity index (χ0n) is 9.87. The maximum Gasteiger partial charge on any atom is 0.0795 e. The van der Waals surface area contributed by atoms with Crippen molar-refractivity contribution < 1.29 is 0 Å². The fourth-order valence-electron chi connectivity index (χ4n) is 2.39. The van der Waals surface area contributed by atoms with Gasteiger partial charge < -0.3 is 5.32 Å². The van der Waals surface area contributed by atoms with Crippen molar-refractivity contribution in [1.29, 1.82) is 0 Å². The van der Waals surface area contributed by atoms with Crippen molar-refractivity contribution in [2.45, 2.75) is 43.4 Å². The average Bonchev–Trinajstić information content (AvgIpc) is 2.83. The molecule has 1 aromatic heterocycles. The van der Waals surface area contributed by atoms with Gasteiger partial charge in [-0.1, -0.05) is 19.3 Å². The van der Waals surface area contributed by atoms with Gasteiger partial charge in [0, 0.05) is 23.2 Å². The van der Waals surface area contributed by atoms with Gasteiger partial charge in [0.15, 0.2) is 0 Å². The van der Waals surface area contributed by atoms with Gasteiger partial charge in [0.05, 0.1) is 11.2 Å². The Kier molecular flexibility index (Phi) is 4.67. The third-order valence-corrected chi connectivity index (χ3v) is 5.49. The molecular weight excluding hydrogens is 236 g/mol. The lowest BCUT2D eigenvalue weighted by Crippen LogP contribution is -2.39. The molecule has 0 unspecified atom stereocenters. The molecule has 1 fully saturated rings. The van der Waals surface area contributed by atoms with Crippen molar-refractivity contribution in [3.05, 3.63) is 16.6 Å². The Morgan fingerprint density at radius 1 is 1.44 bits per heavy atom. The smallest absolute Gasteiger partial charge is 0.0795 e. The van der Waals surface area contributed by atoms with Gasteiger partial charge in [0.25, 0.3) is 0 Å². The van der Waals surface area contributed by atoms with Crippen LogP contribution in [-0.2, 0) is 6.54 Å². The van der Waals surface area contributed by atoms with Crippen LogP contribution in [0, 0.1) is 0 Å². The van der Waals surface area contributed by atoms with Gasteiger partial charge in [0.2, 0.25) is 0 Å². The molecular formula is C12H20N2S2. The highest BCUT2D eigenvalue weighted by molar-refractivity contribution is 8.00. The molecule has 0 saturated heterocycles. The predicted molar refractivity (Wildman–Crippen MR) is 73.2 cm³/mol. The van der Waals surface area contributed by atoms with E-state index in [0.29, 0.717) is 4.75 Å². The zero-order valence-corrected chi connectivity index (χ0v) is 11.5. The summed E-state index contributed by atoms with van der Waals surface area (Å²) in [6, 6.07) is 0. The van der Waals surface area contributed by atoms with E-state index in [9.17, 15) is 0 Å². The molecule has 90 valence electrons. The highest BCUT2D eigenvalue weighted by Gasteiger charge is 2.30. The van der Waals surface area contributed by atoms with Crippen molar-refractivity contribution in [3.63, 3.8) is 0 Å². The summed E-state index contributed by atoms with van der Waals surface area (Å²) >= 11 is 3.72. The van der Waals surface area contributed by atoms with Crippen molar-refractivity contribution in [1.82, 2.24) is 10.3 Å². The van der Waals surface area contributed by atoms with Crippen LogP contribution in [0.1, 0.15) is 37.8 Å². The molecule has 0 amide bonds. The minimum atomic E-state index is 0.494. The molecule has 1 N–H and O–H groups in total. The number of hydrogen-bond donors (Lipinski definition) is 1. The van der Waals surface area contributed by atoms with E-state index in [2.05, 4.69) is 33.7 Å². The summed E-state index contributed by atoms with van der Waals surface area (Å²) in [5, 5.41) is 5.70. The number of rotatable bonds is 5. The van der Waals surface area contributed by atoms with Crippen molar-refractivity contribution in [3.8, 4) is 0 Å². The molecule has 0 aliphatic heterocycles. The molecule has 1 saturated carbocycles. The second-order valence-electron chi connectivity index (χ2n) is 4.53. The highest BCUT2D eigenvalue weighted by atomic mass is 32.2. The molecule has 1 aromatic rings. The van der Waals surface area contributed by atoms with E-state index >= 15 is 0 Å². The molecule has 2 nitrogen and oxygen atoms in total. The standard InChI is InChI=1S/C12H20N2S2/c1-15-12(5-3-2-4-6-12)9-13-7-11-8-16-10-14-11/h8,10,13H,2-7,9H2,1H3. The number of thioether (sulfide) groups is 1. The van der Waals surface area contributed by atoms with Crippen LogP contribution in [0.15, 0.2) is 10.9 Å². The Hall–Kier alpha value is -0.0600. The summed E-state index contributed by atoms with van der Waals surface area (Å²) in [6.45, 7) is 2.05. The third kappa shape index (κ3) is 3.22. The minimum absolute atomic E-state index is 0.494. The lowest BCUT2D eigenvalue weighted by atomic mass is 9.88. The normalized spacial score (nSPS) is 19.8. The summed E-state index contributed by atoms with van der Waals surface area (Å²) in [5.41, 5.74) is 3.08. The summed E-state index contributed by atoms with van der Waals surface area (Å²) in [4.78, 5) is 4.30. The van der Waals surface area contributed by atoms with E-state index in [0.717, 1.165) is 13.1 Å². The van der Waals surface area contributed by atoms with E-state index in [1.807, 2.05) is 5.51 Å². The minimum Gasteiger partial charge on any atom is -0.310 e. The van der Waals surface area contributed by atoms with Crippen LogP contribution < -0.4 is 5.32 Å². The van der Waals surface area contributed by atoms with Crippen molar-refractivity contribution in [2.75, 3.05) is 12.8 Å². The number of aromatic nitrogens is 1. The molecule has 16 heavy (non-hydrogen) atoms. The fourth-order valence-corrected chi connectivity index (χ4v) is 3.89. The van der Waals surface area contributed by atoms with E-state index in [4.69, 9.17) is 0 Å². The Bertz CT molecular complexity index is 292. The largest absolute Gasteiger partial charge is 0.310 e. The van der Waals surface area contributed by atoms with Crippen LogP contribution in [-0.4, -0.2) is 22.5 Å². The molecule has 1 heterocycles. The maximum absolute atomic E-state index is 4.30. The molecule has 0 atom stereocenters. The first-order valence-corrected chi connectivity index (χ1v) is 8.14. The summed E-state index contributed by atoms with van der Waals surface area (Å²) in [6.07, 6.45) is 9.24. The molecule has 0 radical (unpaired) electrons. The summed E-state index contributed by atoms with van der Waals surface area (Å²) in [5.74, 6) is 0. The first kappa shape index (κ1) is 12.4. The van der Waals surface area contributed by atoms with Crippen LogP contribution in [0.25, 0.3) is 0 Å². The van der Waals surface area contributed by atoms with E-state index in [-0.39, 0.29) is 0 Å². The monoisotopic (exact) mass is 256 g/mol. The fraction of sp³-hybridized carbons (Fsp3) is 0.750. The Morgan fingerprint density at radius 2 is 2.25 bits per heavy atom. The van der Waals surface area contributed by atoms with Crippen molar-refractivity contribution >= 4 is 23.1 Å². The number of hydrogen-bond acceptors (Lipinski definition) is 4. The van der Waals surface area contributed by atoms with Gasteiger partial charge in [-0.15, -0.1) is 11.3 Å². The van der Waals surface area contributed by atoms with Gasteiger partial charge in [0.1, 0.15) is 0 Å². The van der Waals surface area contributed by atoms with Crippen LogP contribution in [0.5, 0.6) is 0 Å². The molecule has 0 aromatic carbocycles. The lowest BCUT2D eigenvalue weighted by molar-refractivity contribution is 0.379. The number of nitrogens with zero attached hydrogens (tertiary/aromatic N) is 1. The Morgan fingerprint density at radius 3 is 2.88 bits per heavy atom. The van der Waals surface area contributed by atoms with Crippen LogP contribution in [0.3, 0.4) is 0 Å². The topological polar surface area (TPSA) is 24.9 Å². The van der Waals surface area contributed by atoms with E-state index in [1.54, 1.807) is 11.3 Å². The number of nitrogens with one attached hydrogen (secondary N) is 1.